The zero-order chi connectivity index (χ0) is 33.5. The maximum atomic E-state index is 5.24. The standard InChI is InChI=1S/C45H28N6/c1-3-11-31(12-4-1)50-39-17-9-7-15-33(39)35-25-28(20-23-41(35)50)37-22-19-29-27-38-44(43(29)46-37)47-45(49-48-38)30-21-24-42-36(26-30)34-16-8-10-18-40(34)51(42)32-13-5-2-6-14-32/h1-26H,27H2. The molecule has 4 heterocycles. The molecule has 10 aromatic rings. The Morgan fingerprint density at radius 3 is 1.61 bits per heavy atom. The van der Waals surface area contributed by atoms with E-state index in [1.807, 2.05) is 6.07 Å². The van der Waals surface area contributed by atoms with Crippen molar-refractivity contribution in [1.82, 2.24) is 29.3 Å². The third-order valence-electron chi connectivity index (χ3n) is 10.2. The molecule has 6 aromatic carbocycles. The Kier molecular flexibility index (Phi) is 5.92. The number of hydrogen-bond donors (Lipinski definition) is 0. The van der Waals surface area contributed by atoms with Gasteiger partial charge in [0.25, 0.3) is 0 Å². The SMILES string of the molecule is c1ccc(-n2c3ccccc3c3cc(-c4ccc5c(n4)-c4nc(-c6ccc7c(c6)c6ccccc6n7-c6ccccc6)nnc4C5)ccc32)cc1. The molecule has 11 rings (SSSR count). The summed E-state index contributed by atoms with van der Waals surface area (Å²) in [5.41, 5.74) is 13.5. The molecule has 1 aliphatic carbocycles. The minimum Gasteiger partial charge on any atom is -0.309 e. The lowest BCUT2D eigenvalue weighted by atomic mass is 10.1. The van der Waals surface area contributed by atoms with Gasteiger partial charge in [0, 0.05) is 50.5 Å². The average Bonchev–Trinajstić information content (AvgIpc) is 3.85. The summed E-state index contributed by atoms with van der Waals surface area (Å²) in [6.07, 6.45) is 0.672. The van der Waals surface area contributed by atoms with Crippen molar-refractivity contribution < 1.29 is 0 Å². The second-order valence-electron chi connectivity index (χ2n) is 13.2. The van der Waals surface area contributed by atoms with E-state index in [0.29, 0.717) is 12.2 Å². The van der Waals surface area contributed by atoms with Gasteiger partial charge in [-0.3, -0.25) is 0 Å². The minimum absolute atomic E-state index is 0.599. The van der Waals surface area contributed by atoms with E-state index in [1.165, 1.54) is 27.2 Å². The van der Waals surface area contributed by atoms with E-state index in [9.17, 15) is 0 Å². The van der Waals surface area contributed by atoms with E-state index in [1.54, 1.807) is 0 Å². The number of nitrogens with zero attached hydrogens (tertiary/aromatic N) is 6. The molecule has 238 valence electrons. The molecule has 51 heavy (non-hydrogen) atoms. The smallest absolute Gasteiger partial charge is 0.182 e. The van der Waals surface area contributed by atoms with Gasteiger partial charge < -0.3 is 9.13 Å². The summed E-state index contributed by atoms with van der Waals surface area (Å²) in [5, 5.41) is 14.1. The molecule has 6 heteroatoms. The summed E-state index contributed by atoms with van der Waals surface area (Å²) in [4.78, 5) is 10.4. The second kappa shape index (κ2) is 10.8. The van der Waals surface area contributed by atoms with Crippen LogP contribution in [-0.2, 0) is 6.42 Å². The quantitative estimate of drug-likeness (QED) is 0.190. The van der Waals surface area contributed by atoms with E-state index < -0.39 is 0 Å². The fourth-order valence-corrected chi connectivity index (χ4v) is 7.91. The van der Waals surface area contributed by atoms with Crippen LogP contribution in [0.5, 0.6) is 0 Å². The Hall–Kier alpha value is -6.92. The van der Waals surface area contributed by atoms with Gasteiger partial charge in [0.05, 0.1) is 39.1 Å². The molecular weight excluding hydrogens is 625 g/mol. The van der Waals surface area contributed by atoms with E-state index in [0.717, 1.165) is 67.3 Å². The molecule has 0 fully saturated rings. The van der Waals surface area contributed by atoms with Crippen LogP contribution in [0, 0.1) is 0 Å². The summed E-state index contributed by atoms with van der Waals surface area (Å²) >= 11 is 0. The fourth-order valence-electron chi connectivity index (χ4n) is 7.91. The molecular formula is C45H28N6. The van der Waals surface area contributed by atoms with Gasteiger partial charge in [-0.2, -0.15) is 5.10 Å². The molecule has 1 aliphatic rings. The highest BCUT2D eigenvalue weighted by atomic mass is 15.2. The lowest BCUT2D eigenvalue weighted by Gasteiger charge is -2.09. The van der Waals surface area contributed by atoms with Crippen molar-refractivity contribution in [3.05, 3.63) is 169 Å². The van der Waals surface area contributed by atoms with E-state index in [2.05, 4.69) is 166 Å². The van der Waals surface area contributed by atoms with Gasteiger partial charge in [0.15, 0.2) is 5.82 Å². The number of aromatic nitrogens is 6. The summed E-state index contributed by atoms with van der Waals surface area (Å²) in [5.74, 6) is 0.599. The molecule has 0 N–H and O–H groups in total. The van der Waals surface area contributed by atoms with Crippen molar-refractivity contribution in [3.63, 3.8) is 0 Å². The molecule has 0 spiro atoms. The van der Waals surface area contributed by atoms with Gasteiger partial charge in [-0.05, 0) is 78.4 Å². The zero-order valence-corrected chi connectivity index (χ0v) is 27.4. The number of hydrogen-bond acceptors (Lipinski definition) is 4. The van der Waals surface area contributed by atoms with Crippen LogP contribution in [0.2, 0.25) is 0 Å². The number of fused-ring (bicyclic) bond motifs is 9. The highest BCUT2D eigenvalue weighted by Gasteiger charge is 2.26. The predicted molar refractivity (Wildman–Crippen MR) is 205 cm³/mol. The third-order valence-corrected chi connectivity index (χ3v) is 10.2. The molecule has 0 radical (unpaired) electrons. The van der Waals surface area contributed by atoms with Gasteiger partial charge in [0.2, 0.25) is 0 Å². The minimum atomic E-state index is 0.599. The van der Waals surface area contributed by atoms with Gasteiger partial charge in [0.1, 0.15) is 5.69 Å². The number of rotatable bonds is 4. The average molecular weight is 653 g/mol. The van der Waals surface area contributed by atoms with Crippen molar-refractivity contribution >= 4 is 43.6 Å². The van der Waals surface area contributed by atoms with E-state index in [4.69, 9.17) is 15.1 Å². The van der Waals surface area contributed by atoms with Crippen LogP contribution in [0.4, 0.5) is 0 Å². The Morgan fingerprint density at radius 1 is 0.412 bits per heavy atom. The molecule has 0 saturated carbocycles. The Labute approximate surface area is 292 Å². The largest absolute Gasteiger partial charge is 0.309 e. The predicted octanol–water partition coefficient (Wildman–Crippen LogP) is 10.4. The zero-order valence-electron chi connectivity index (χ0n) is 27.4. The van der Waals surface area contributed by atoms with Crippen molar-refractivity contribution in [2.75, 3.05) is 0 Å². The fraction of sp³-hybridized carbons (Fsp3) is 0.0222. The van der Waals surface area contributed by atoms with Gasteiger partial charge in [-0.15, -0.1) is 5.10 Å². The Morgan fingerprint density at radius 2 is 0.961 bits per heavy atom. The Bertz CT molecular complexity index is 2790. The number of para-hydroxylation sites is 4. The summed E-state index contributed by atoms with van der Waals surface area (Å²) < 4.78 is 4.65. The normalized spacial score (nSPS) is 12.2. The van der Waals surface area contributed by atoms with Crippen LogP contribution >= 0.6 is 0 Å². The maximum absolute atomic E-state index is 5.24. The molecule has 6 nitrogen and oxygen atoms in total. The molecule has 0 unspecified atom stereocenters. The third kappa shape index (κ3) is 4.23. The molecule has 4 aromatic heterocycles. The number of benzene rings is 6. The maximum Gasteiger partial charge on any atom is 0.182 e. The first-order valence-corrected chi connectivity index (χ1v) is 17.2. The Balaban J connectivity index is 1.01. The number of pyridine rings is 1. The monoisotopic (exact) mass is 652 g/mol. The molecule has 0 amide bonds. The highest BCUT2D eigenvalue weighted by Crippen LogP contribution is 2.39. The van der Waals surface area contributed by atoms with Crippen LogP contribution in [0.25, 0.3) is 89.0 Å². The van der Waals surface area contributed by atoms with Crippen molar-refractivity contribution in [3.8, 4) is 45.4 Å². The first-order chi connectivity index (χ1) is 25.3. The summed E-state index contributed by atoms with van der Waals surface area (Å²) in [7, 11) is 0. The van der Waals surface area contributed by atoms with Crippen LogP contribution in [-0.4, -0.2) is 29.3 Å². The summed E-state index contributed by atoms with van der Waals surface area (Å²) in [6, 6.07) is 55.6. The van der Waals surface area contributed by atoms with Crippen LogP contribution in [0.1, 0.15) is 11.3 Å². The van der Waals surface area contributed by atoms with E-state index >= 15 is 0 Å². The lowest BCUT2D eigenvalue weighted by molar-refractivity contribution is 0.926. The topological polar surface area (TPSA) is 61.4 Å². The molecule has 0 atom stereocenters. The first kappa shape index (κ1) is 28.0. The van der Waals surface area contributed by atoms with Crippen LogP contribution in [0.15, 0.2) is 158 Å². The van der Waals surface area contributed by atoms with Gasteiger partial charge >= 0.3 is 0 Å². The van der Waals surface area contributed by atoms with Crippen LogP contribution in [0.3, 0.4) is 0 Å². The lowest BCUT2D eigenvalue weighted by Crippen LogP contribution is -1.99. The summed E-state index contributed by atoms with van der Waals surface area (Å²) in [6.45, 7) is 0. The first-order valence-electron chi connectivity index (χ1n) is 17.2. The highest BCUT2D eigenvalue weighted by molar-refractivity contribution is 6.11. The molecule has 0 bridgehead atoms. The van der Waals surface area contributed by atoms with Crippen molar-refractivity contribution in [2.24, 2.45) is 0 Å². The van der Waals surface area contributed by atoms with E-state index in [-0.39, 0.29) is 0 Å². The second-order valence-corrected chi connectivity index (χ2v) is 13.2. The van der Waals surface area contributed by atoms with Crippen molar-refractivity contribution in [2.45, 2.75) is 6.42 Å². The molecule has 0 aliphatic heterocycles. The van der Waals surface area contributed by atoms with Crippen molar-refractivity contribution in [1.29, 1.82) is 0 Å². The van der Waals surface area contributed by atoms with Gasteiger partial charge in [-0.1, -0.05) is 84.9 Å². The van der Waals surface area contributed by atoms with Crippen LogP contribution < -0.4 is 0 Å². The molecule has 0 saturated heterocycles. The van der Waals surface area contributed by atoms with Gasteiger partial charge in [-0.25, -0.2) is 9.97 Å².